The summed E-state index contributed by atoms with van der Waals surface area (Å²) in [5.74, 6) is -0.299. The first-order chi connectivity index (χ1) is 6.72. The molecule has 1 aromatic carbocycles. The molecule has 15 heavy (non-hydrogen) atoms. The third-order valence-electron chi connectivity index (χ3n) is 1.08. The van der Waals surface area contributed by atoms with E-state index in [-0.39, 0.29) is 11.4 Å². The lowest BCUT2D eigenvalue weighted by atomic mass is 10.3. The third kappa shape index (κ3) is 7.98. The summed E-state index contributed by atoms with van der Waals surface area (Å²) in [5.41, 5.74) is -0.262. The third-order valence-corrected chi connectivity index (χ3v) is 1.08. The van der Waals surface area contributed by atoms with Crippen LogP contribution >= 0.6 is 21.4 Å². The normalized spacial score (nSPS) is 10.0. The number of aromatic hydroxyl groups is 1. The predicted octanol–water partition coefficient (Wildman–Crippen LogP) is 2.01. The maximum Gasteiger partial charge on any atom is 0.317 e. The van der Waals surface area contributed by atoms with Crippen LogP contribution in [0.3, 0.4) is 0 Å². The Morgan fingerprint density at radius 2 is 1.67 bits per heavy atom. The molecule has 0 aliphatic rings. The molecule has 6 nitrogen and oxygen atoms in total. The Morgan fingerprint density at radius 1 is 1.27 bits per heavy atom. The second-order valence-corrected chi connectivity index (χ2v) is 5.79. The number of phenolic OH excluding ortho intramolecular Hbond substituents is 1. The zero-order valence-electron chi connectivity index (χ0n) is 7.00. The van der Waals surface area contributed by atoms with Gasteiger partial charge in [-0.2, -0.15) is 8.42 Å². The minimum absolute atomic E-state index is 0.262. The summed E-state index contributed by atoms with van der Waals surface area (Å²) in [4.78, 5) is 9.44. The highest BCUT2D eigenvalue weighted by molar-refractivity contribution is 8.31. The van der Waals surface area contributed by atoms with Crippen molar-refractivity contribution in [3.63, 3.8) is 0 Å². The first-order valence-electron chi connectivity index (χ1n) is 3.28. The van der Waals surface area contributed by atoms with Crippen molar-refractivity contribution in [3.8, 4) is 5.75 Å². The number of nitrogens with zero attached hydrogens (tertiary/aromatic N) is 1. The number of hydrogen-bond donors (Lipinski definition) is 1. The molecular formula is C6H5Cl2NO5S. The van der Waals surface area contributed by atoms with Gasteiger partial charge in [0.05, 0.1) is 4.92 Å². The number of nitro benzene ring substituents is 1. The van der Waals surface area contributed by atoms with E-state index in [1.165, 1.54) is 24.3 Å². The first-order valence-corrected chi connectivity index (χ1v) is 6.42. The molecule has 84 valence electrons. The minimum Gasteiger partial charge on any atom is -0.502 e. The van der Waals surface area contributed by atoms with Gasteiger partial charge in [-0.25, -0.2) is 0 Å². The van der Waals surface area contributed by atoms with Gasteiger partial charge in [0.15, 0.2) is 5.75 Å². The van der Waals surface area contributed by atoms with Gasteiger partial charge < -0.3 is 5.11 Å². The lowest BCUT2D eigenvalue weighted by molar-refractivity contribution is -0.385. The molecule has 0 spiro atoms. The second-order valence-electron chi connectivity index (χ2n) is 2.12. The molecule has 0 saturated heterocycles. The Kier molecular flexibility index (Phi) is 5.34. The summed E-state index contributed by atoms with van der Waals surface area (Å²) in [7, 11) is 4.81. The fourth-order valence-corrected chi connectivity index (χ4v) is 0.619. The summed E-state index contributed by atoms with van der Waals surface area (Å²) in [6, 6.07) is 5.55. The highest BCUT2D eigenvalue weighted by Gasteiger charge is 2.09. The van der Waals surface area contributed by atoms with E-state index in [9.17, 15) is 10.1 Å². The summed E-state index contributed by atoms with van der Waals surface area (Å²) in [6.07, 6.45) is 0. The predicted molar refractivity (Wildman–Crippen MR) is 55.4 cm³/mol. The summed E-state index contributed by atoms with van der Waals surface area (Å²) >= 11 is 0. The van der Waals surface area contributed by atoms with Crippen molar-refractivity contribution in [1.29, 1.82) is 0 Å². The van der Waals surface area contributed by atoms with Crippen molar-refractivity contribution >= 4 is 35.3 Å². The maximum atomic E-state index is 10.1. The lowest BCUT2D eigenvalue weighted by Gasteiger charge is -1.91. The average molecular weight is 274 g/mol. The van der Waals surface area contributed by atoms with Crippen molar-refractivity contribution in [1.82, 2.24) is 0 Å². The molecule has 9 heteroatoms. The molecule has 0 radical (unpaired) electrons. The van der Waals surface area contributed by atoms with E-state index >= 15 is 0 Å². The molecule has 0 aliphatic heterocycles. The van der Waals surface area contributed by atoms with Gasteiger partial charge in [0.2, 0.25) is 0 Å². The molecule has 1 rings (SSSR count). The van der Waals surface area contributed by atoms with Crippen molar-refractivity contribution < 1.29 is 18.4 Å². The van der Waals surface area contributed by atoms with Crippen LogP contribution in [0.4, 0.5) is 5.69 Å². The largest absolute Gasteiger partial charge is 0.502 e. The Balaban J connectivity index is 0.000000336. The van der Waals surface area contributed by atoms with Crippen LogP contribution in [0.15, 0.2) is 24.3 Å². The number of nitro groups is 1. The van der Waals surface area contributed by atoms with Crippen molar-refractivity contribution in [2.45, 2.75) is 0 Å². The molecule has 0 amide bonds. The smallest absolute Gasteiger partial charge is 0.317 e. The van der Waals surface area contributed by atoms with E-state index in [2.05, 4.69) is 21.4 Å². The Morgan fingerprint density at radius 3 is 1.93 bits per heavy atom. The van der Waals surface area contributed by atoms with Gasteiger partial charge in [0.25, 0.3) is 0 Å². The zero-order valence-corrected chi connectivity index (χ0v) is 9.33. The number of phenols is 1. The Bertz CT molecular complexity index is 439. The van der Waals surface area contributed by atoms with Crippen molar-refractivity contribution in [2.75, 3.05) is 0 Å². The quantitative estimate of drug-likeness (QED) is 0.480. The van der Waals surface area contributed by atoms with Crippen LogP contribution in [0.2, 0.25) is 0 Å². The van der Waals surface area contributed by atoms with E-state index in [1.54, 1.807) is 0 Å². The van der Waals surface area contributed by atoms with Crippen LogP contribution in [0.25, 0.3) is 0 Å². The number of halogens is 2. The van der Waals surface area contributed by atoms with Crippen LogP contribution in [-0.4, -0.2) is 18.4 Å². The molecule has 0 unspecified atom stereocenters. The van der Waals surface area contributed by atoms with E-state index < -0.39 is 13.2 Å². The van der Waals surface area contributed by atoms with Crippen LogP contribution in [0.1, 0.15) is 0 Å². The molecule has 1 aromatic rings. The van der Waals surface area contributed by atoms with Gasteiger partial charge in [-0.05, 0) is 6.07 Å². The molecule has 0 fully saturated rings. The highest BCUT2D eigenvalue weighted by Crippen LogP contribution is 2.23. The van der Waals surface area contributed by atoms with Gasteiger partial charge >= 0.3 is 14.0 Å². The Hall–Kier alpha value is -1.05. The summed E-state index contributed by atoms with van der Waals surface area (Å²) in [6.45, 7) is 0. The summed E-state index contributed by atoms with van der Waals surface area (Å²) in [5, 5.41) is 18.9. The molecule has 0 aliphatic carbocycles. The Labute approximate surface area is 94.1 Å². The van der Waals surface area contributed by atoms with Crippen LogP contribution < -0.4 is 0 Å². The van der Waals surface area contributed by atoms with Gasteiger partial charge in [-0.3, -0.25) is 10.1 Å². The molecular weight excluding hydrogens is 269 g/mol. The van der Waals surface area contributed by atoms with Crippen LogP contribution in [0, 0.1) is 10.1 Å². The van der Waals surface area contributed by atoms with E-state index in [4.69, 9.17) is 13.5 Å². The van der Waals surface area contributed by atoms with Crippen molar-refractivity contribution in [3.05, 3.63) is 34.4 Å². The van der Waals surface area contributed by atoms with Crippen LogP contribution in [-0.2, 0) is 8.26 Å². The van der Waals surface area contributed by atoms with Gasteiger partial charge in [0.1, 0.15) is 0 Å². The van der Waals surface area contributed by atoms with Gasteiger partial charge in [-0.15, -0.1) is 0 Å². The monoisotopic (exact) mass is 273 g/mol. The molecule has 1 N–H and O–H groups in total. The molecule has 0 aromatic heterocycles. The lowest BCUT2D eigenvalue weighted by Crippen LogP contribution is -1.86. The van der Waals surface area contributed by atoms with E-state index in [0.717, 1.165) is 0 Å². The highest BCUT2D eigenvalue weighted by atomic mass is 36.0. The van der Waals surface area contributed by atoms with Crippen LogP contribution in [0.5, 0.6) is 5.75 Å². The van der Waals surface area contributed by atoms with Crippen molar-refractivity contribution in [2.24, 2.45) is 0 Å². The standard InChI is InChI=1S/C6H5NO3.Cl2O2S/c8-6-4-2-1-3-5(6)7(9)10;1-5(2,3)4/h1-4,8H;. The average Bonchev–Trinajstić information content (AvgIpc) is 2.01. The van der Waals surface area contributed by atoms with Gasteiger partial charge in [-0.1, -0.05) is 12.1 Å². The number of hydrogen-bond acceptors (Lipinski definition) is 5. The van der Waals surface area contributed by atoms with E-state index in [0.29, 0.717) is 0 Å². The SMILES string of the molecule is O=S(=O)(Cl)Cl.O=[N+]([O-])c1ccccc1O. The topological polar surface area (TPSA) is 97.5 Å². The first kappa shape index (κ1) is 13.9. The molecule has 0 heterocycles. The van der Waals surface area contributed by atoms with Gasteiger partial charge in [0, 0.05) is 27.4 Å². The molecule has 0 bridgehead atoms. The number of benzene rings is 1. The molecule has 0 atom stereocenters. The van der Waals surface area contributed by atoms with E-state index in [1.807, 2.05) is 0 Å². The second kappa shape index (κ2) is 5.74. The zero-order chi connectivity index (χ0) is 12.1. The minimum atomic E-state index is -3.72. The fourth-order valence-electron chi connectivity index (χ4n) is 0.619. The summed E-state index contributed by atoms with van der Waals surface area (Å²) < 4.78 is 18.3. The fraction of sp³-hybridized carbons (Fsp3) is 0. The number of rotatable bonds is 1. The molecule has 0 saturated carbocycles. The number of para-hydroxylation sites is 2. The maximum absolute atomic E-state index is 10.1.